The Balaban J connectivity index is 2.47. The molecule has 0 bridgehead atoms. The van der Waals surface area contributed by atoms with Crippen LogP contribution in [0.2, 0.25) is 0 Å². The molecule has 76 heavy (non-hydrogen) atoms. The number of H-pyrrole nitrogens is 1. The zero-order valence-electron chi connectivity index (χ0n) is 45.4. The van der Waals surface area contributed by atoms with Crippen molar-refractivity contribution in [1.82, 2.24) is 47.5 Å². The number of aromatic amines is 1. The first-order valence-corrected chi connectivity index (χ1v) is 25.7. The molecule has 1 aromatic heterocycles. The largest absolute Gasteiger partial charge is 0.480 e. The fourth-order valence-corrected chi connectivity index (χ4v) is 7.92. The van der Waals surface area contributed by atoms with Crippen molar-refractivity contribution < 1.29 is 63.0 Å². The van der Waals surface area contributed by atoms with Crippen LogP contribution in [0.4, 0.5) is 0 Å². The lowest BCUT2D eigenvalue weighted by Crippen LogP contribution is -2.63. The number of carbonyl (C=O) groups is 11. The van der Waals surface area contributed by atoms with Crippen LogP contribution in [-0.2, 0) is 59.2 Å². The average Bonchev–Trinajstić information content (AvgIpc) is 3.76. The molecule has 0 aliphatic heterocycles. The van der Waals surface area contributed by atoms with Crippen LogP contribution >= 0.6 is 0 Å². The maximum atomic E-state index is 14.4. The zero-order chi connectivity index (χ0) is 57.9. The molecule has 2 rings (SSSR count). The minimum absolute atomic E-state index is 0.103. The lowest BCUT2D eigenvalue weighted by atomic mass is 9.95. The monoisotopic (exact) mass is 1070 g/mol. The summed E-state index contributed by atoms with van der Waals surface area (Å²) < 4.78 is 0. The number of benzene rings is 1. The Hall–Kier alpha value is -7.15. The number of fused-ring (bicyclic) bond motifs is 1. The van der Waals surface area contributed by atoms with Crippen LogP contribution in [0.1, 0.15) is 114 Å². The van der Waals surface area contributed by atoms with Crippen molar-refractivity contribution in [3.05, 3.63) is 36.0 Å². The molecule has 13 unspecified atom stereocenters. The summed E-state index contributed by atoms with van der Waals surface area (Å²) in [5, 5.41) is 41.1. The smallest absolute Gasteiger partial charge is 0.326 e. The second-order valence-corrected chi connectivity index (χ2v) is 20.3. The molecule has 0 fully saturated rings. The van der Waals surface area contributed by atoms with Gasteiger partial charge >= 0.3 is 5.97 Å². The van der Waals surface area contributed by atoms with E-state index in [1.165, 1.54) is 0 Å². The highest BCUT2D eigenvalue weighted by molar-refractivity contribution is 6.00. The maximum absolute atomic E-state index is 14.4. The van der Waals surface area contributed by atoms with Crippen LogP contribution in [0.5, 0.6) is 0 Å². The van der Waals surface area contributed by atoms with Gasteiger partial charge in [0.15, 0.2) is 0 Å². The lowest BCUT2D eigenvalue weighted by Gasteiger charge is -2.30. The van der Waals surface area contributed by atoms with Crippen LogP contribution < -0.4 is 59.7 Å². The van der Waals surface area contributed by atoms with Gasteiger partial charge in [0.25, 0.3) is 0 Å². The molecule has 0 saturated heterocycles. The van der Waals surface area contributed by atoms with E-state index < -0.39 is 162 Å². The molecule has 13 atom stereocenters. The molecule has 0 aliphatic rings. The van der Waals surface area contributed by atoms with Crippen LogP contribution in [0.15, 0.2) is 30.5 Å². The summed E-state index contributed by atoms with van der Waals surface area (Å²) in [6.45, 7) is 18.0. The molecule has 1 aromatic carbocycles. The first kappa shape index (κ1) is 65.0. The van der Waals surface area contributed by atoms with E-state index in [9.17, 15) is 63.0 Å². The minimum Gasteiger partial charge on any atom is -0.480 e. The predicted molar refractivity (Wildman–Crippen MR) is 280 cm³/mol. The molecule has 0 radical (unpaired) electrons. The van der Waals surface area contributed by atoms with Gasteiger partial charge in [-0.05, 0) is 48.1 Å². The van der Waals surface area contributed by atoms with Gasteiger partial charge in [-0.3, -0.25) is 47.9 Å². The Morgan fingerprint density at radius 1 is 0.500 bits per heavy atom. The molecule has 25 nitrogen and oxygen atoms in total. The Morgan fingerprint density at radius 2 is 0.882 bits per heavy atom. The van der Waals surface area contributed by atoms with E-state index in [0.717, 1.165) is 17.8 Å². The van der Waals surface area contributed by atoms with Crippen molar-refractivity contribution in [3.63, 3.8) is 0 Å². The molecular formula is C51H82N12O13. The quantitative estimate of drug-likeness (QED) is 0.0400. The molecular weight excluding hydrogens is 989 g/mol. The highest BCUT2D eigenvalue weighted by Crippen LogP contribution is 2.21. The van der Waals surface area contributed by atoms with Gasteiger partial charge in [-0.1, -0.05) is 107 Å². The standard InChI is InChI=1S/C51H82N12O13/c1-12-25(8)39(60-46(70)37(54)23(4)5)48(72)57-32(19-29-22-55-31-18-16-15-17-30(29)31)44(68)59-38(24(6)7)47(71)58-33(20-35(52)65)43(67)56-34(21-36(53)66)45(69)63-42(28(11)64)50(74)61-40(26(9)13-2)49(73)62-41(51(75)76)27(10)14-3/h15-18,22-28,32-34,37-42,55,64H,12-14,19-21,54H2,1-11H3,(H2,52,65)(H2,53,66)(H,56,67)(H,57,72)(H,58,71)(H,59,68)(H,60,70)(H,61,74)(H,62,73)(H,63,69)(H,75,76). The van der Waals surface area contributed by atoms with E-state index in [4.69, 9.17) is 17.2 Å². The van der Waals surface area contributed by atoms with Crippen molar-refractivity contribution in [3.8, 4) is 0 Å². The topological polar surface area (TPSA) is 418 Å². The summed E-state index contributed by atoms with van der Waals surface area (Å²) in [5.41, 5.74) is 18.4. The fraction of sp³-hybridized carbons (Fsp3) is 0.627. The third-order valence-electron chi connectivity index (χ3n) is 13.5. The highest BCUT2D eigenvalue weighted by Gasteiger charge is 2.39. The van der Waals surface area contributed by atoms with Crippen LogP contribution in [0.25, 0.3) is 10.9 Å². The van der Waals surface area contributed by atoms with Crippen LogP contribution in [0.3, 0.4) is 0 Å². The number of aliphatic carboxylic acids is 1. The molecule has 424 valence electrons. The first-order valence-electron chi connectivity index (χ1n) is 25.7. The number of carbonyl (C=O) groups excluding carboxylic acids is 10. The molecule has 10 amide bonds. The van der Waals surface area contributed by atoms with Gasteiger partial charge in [-0.15, -0.1) is 0 Å². The van der Waals surface area contributed by atoms with Gasteiger partial charge < -0.3 is 74.9 Å². The summed E-state index contributed by atoms with van der Waals surface area (Å²) in [7, 11) is 0. The molecule has 0 saturated carbocycles. The number of hydrogen-bond donors (Lipinski definition) is 14. The number of para-hydroxylation sites is 1. The summed E-state index contributed by atoms with van der Waals surface area (Å²) in [6, 6.07) is -5.94. The number of aliphatic hydroxyl groups is 1. The van der Waals surface area contributed by atoms with E-state index in [-0.39, 0.29) is 12.3 Å². The summed E-state index contributed by atoms with van der Waals surface area (Å²) >= 11 is 0. The van der Waals surface area contributed by atoms with Gasteiger partial charge in [0.05, 0.1) is 25.0 Å². The van der Waals surface area contributed by atoms with Gasteiger partial charge in [0.2, 0.25) is 59.1 Å². The summed E-state index contributed by atoms with van der Waals surface area (Å²) in [4.78, 5) is 151. The normalized spacial score (nSPS) is 16.6. The Bertz CT molecular complexity index is 2370. The van der Waals surface area contributed by atoms with E-state index in [1.54, 1.807) is 80.6 Å². The van der Waals surface area contributed by atoms with E-state index >= 15 is 0 Å². The number of carboxylic acid groups (broad SMARTS) is 1. The lowest BCUT2D eigenvalue weighted by molar-refractivity contribution is -0.144. The number of nitrogens with one attached hydrogen (secondary N) is 9. The fourth-order valence-electron chi connectivity index (χ4n) is 7.92. The number of primary amides is 2. The van der Waals surface area contributed by atoms with Crippen molar-refractivity contribution in [2.45, 2.75) is 175 Å². The van der Waals surface area contributed by atoms with Gasteiger partial charge in [-0.25, -0.2) is 4.79 Å². The third-order valence-corrected chi connectivity index (χ3v) is 13.5. The molecule has 17 N–H and O–H groups in total. The van der Waals surface area contributed by atoms with Crippen molar-refractivity contribution in [1.29, 1.82) is 0 Å². The summed E-state index contributed by atoms with van der Waals surface area (Å²) in [5.74, 6) is -13.6. The van der Waals surface area contributed by atoms with E-state index in [2.05, 4.69) is 47.5 Å². The number of amides is 10. The van der Waals surface area contributed by atoms with E-state index in [0.29, 0.717) is 24.8 Å². The SMILES string of the molecule is CCC(C)C(NC(=O)C(NC(=O)C(NC(=O)C(CC(N)=O)NC(=O)C(CC(N)=O)NC(=O)C(NC(=O)C(Cc1c[nH]c2ccccc12)NC(=O)C(NC(=O)C(N)C(C)C)C(C)CC)C(C)C)C(C)O)C(C)CC)C(=O)O. The molecule has 0 spiro atoms. The average molecular weight is 1070 g/mol. The second kappa shape index (κ2) is 30.4. The zero-order valence-corrected chi connectivity index (χ0v) is 45.4. The Morgan fingerprint density at radius 3 is 1.36 bits per heavy atom. The minimum atomic E-state index is -1.91. The number of aliphatic hydroxyl groups excluding tert-OH is 1. The number of nitrogens with two attached hydrogens (primary N) is 3. The van der Waals surface area contributed by atoms with Gasteiger partial charge in [-0.2, -0.15) is 0 Å². The Labute approximate surface area is 443 Å². The summed E-state index contributed by atoms with van der Waals surface area (Å²) in [6.07, 6.45) is -0.712. The molecule has 0 aliphatic carbocycles. The predicted octanol–water partition coefficient (Wildman–Crippen LogP) is -1.42. The van der Waals surface area contributed by atoms with Gasteiger partial charge in [0, 0.05) is 23.5 Å². The molecule has 2 aromatic rings. The number of carboxylic acids is 1. The van der Waals surface area contributed by atoms with Crippen molar-refractivity contribution in [2.75, 3.05) is 0 Å². The third kappa shape index (κ3) is 19.2. The number of aromatic nitrogens is 1. The highest BCUT2D eigenvalue weighted by atomic mass is 16.4. The number of rotatable bonds is 32. The van der Waals surface area contributed by atoms with E-state index in [1.807, 2.05) is 19.1 Å². The van der Waals surface area contributed by atoms with Crippen LogP contribution in [-0.4, -0.2) is 141 Å². The van der Waals surface area contributed by atoms with Crippen molar-refractivity contribution in [2.24, 2.45) is 46.8 Å². The van der Waals surface area contributed by atoms with Crippen molar-refractivity contribution >= 4 is 75.9 Å². The number of hydrogen-bond acceptors (Lipinski definition) is 13. The molecule has 1 heterocycles. The maximum Gasteiger partial charge on any atom is 0.326 e. The Kier molecular flexibility index (Phi) is 26.0. The first-order chi connectivity index (χ1) is 35.5. The molecule has 25 heteroatoms. The van der Waals surface area contributed by atoms with Gasteiger partial charge in [0.1, 0.15) is 48.3 Å². The second-order valence-electron chi connectivity index (χ2n) is 20.3. The van der Waals surface area contributed by atoms with Crippen LogP contribution in [0, 0.1) is 29.6 Å².